The predicted octanol–water partition coefficient (Wildman–Crippen LogP) is 3.54. The monoisotopic (exact) mass is 414 g/mol. The summed E-state index contributed by atoms with van der Waals surface area (Å²) in [5.41, 5.74) is 0.748. The van der Waals surface area contributed by atoms with Crippen molar-refractivity contribution in [3.63, 3.8) is 0 Å². The lowest BCUT2D eigenvalue weighted by Crippen LogP contribution is -2.09. The van der Waals surface area contributed by atoms with E-state index in [0.29, 0.717) is 21.0 Å². The van der Waals surface area contributed by atoms with E-state index in [0.717, 1.165) is 5.69 Å². The first kappa shape index (κ1) is 18.2. The Kier molecular flexibility index (Phi) is 5.63. The van der Waals surface area contributed by atoms with Gasteiger partial charge in [-0.1, -0.05) is 35.0 Å². The van der Waals surface area contributed by atoms with Crippen LogP contribution in [-0.2, 0) is 9.84 Å². The van der Waals surface area contributed by atoms with E-state index in [1.807, 2.05) is 0 Å². The zero-order valence-corrected chi connectivity index (χ0v) is 15.9. The highest BCUT2D eigenvalue weighted by molar-refractivity contribution is 8.00. The fourth-order valence-corrected chi connectivity index (χ4v) is 4.81. The third-order valence-corrected chi connectivity index (χ3v) is 6.68. The van der Waals surface area contributed by atoms with Crippen molar-refractivity contribution in [3.8, 4) is 5.69 Å². The molecule has 1 heterocycles. The maximum Gasteiger partial charge on any atom is 0.214 e. The summed E-state index contributed by atoms with van der Waals surface area (Å²) in [4.78, 5) is 0.245. The van der Waals surface area contributed by atoms with Gasteiger partial charge >= 0.3 is 0 Å². The van der Waals surface area contributed by atoms with Gasteiger partial charge in [0.15, 0.2) is 9.84 Å². The maximum absolute atomic E-state index is 12.3. The molecule has 0 aliphatic rings. The van der Waals surface area contributed by atoms with Gasteiger partial charge in [-0.2, -0.15) is 4.68 Å². The Morgan fingerprint density at radius 2 is 1.56 bits per heavy atom. The van der Waals surface area contributed by atoms with E-state index in [1.165, 1.54) is 28.6 Å². The third-order valence-electron chi connectivity index (χ3n) is 3.27. The van der Waals surface area contributed by atoms with Gasteiger partial charge in [-0.05, 0) is 59.0 Å². The fourth-order valence-electron chi connectivity index (χ4n) is 2.02. The minimum absolute atomic E-state index is 0.0349. The minimum Gasteiger partial charge on any atom is -0.224 e. The molecule has 1 aromatic heterocycles. The van der Waals surface area contributed by atoms with Gasteiger partial charge in [0, 0.05) is 15.8 Å². The quantitative estimate of drug-likeness (QED) is 0.574. The topological polar surface area (TPSA) is 77.7 Å². The Hall–Kier alpha value is -1.61. The molecule has 0 unspecified atom stereocenters. The molecule has 3 aromatic rings. The van der Waals surface area contributed by atoms with E-state index >= 15 is 0 Å². The summed E-state index contributed by atoms with van der Waals surface area (Å²) in [6, 6.07) is 13.2. The molecular formula is C15H12Cl2N4O2S2. The first-order valence-corrected chi connectivity index (χ1v) is 10.5. The number of tetrazole rings is 1. The summed E-state index contributed by atoms with van der Waals surface area (Å²) in [5, 5.41) is 13.1. The summed E-state index contributed by atoms with van der Waals surface area (Å²) >= 11 is 12.9. The molecule has 130 valence electrons. The van der Waals surface area contributed by atoms with Crippen molar-refractivity contribution in [1.82, 2.24) is 20.2 Å². The lowest BCUT2D eigenvalue weighted by atomic mass is 10.3. The molecule has 0 N–H and O–H groups in total. The molecule has 0 saturated carbocycles. The highest BCUT2D eigenvalue weighted by Gasteiger charge is 2.16. The summed E-state index contributed by atoms with van der Waals surface area (Å²) in [6.07, 6.45) is 0. The van der Waals surface area contributed by atoms with Crippen LogP contribution in [0.3, 0.4) is 0 Å². The van der Waals surface area contributed by atoms with Crippen LogP contribution in [0.2, 0.25) is 10.0 Å². The number of hydrogen-bond acceptors (Lipinski definition) is 6. The van der Waals surface area contributed by atoms with Crippen molar-refractivity contribution in [2.24, 2.45) is 0 Å². The molecule has 25 heavy (non-hydrogen) atoms. The van der Waals surface area contributed by atoms with E-state index in [-0.39, 0.29) is 10.6 Å². The molecule has 0 aliphatic carbocycles. The number of benzene rings is 2. The Morgan fingerprint density at radius 1 is 0.960 bits per heavy atom. The molecule has 10 heteroatoms. The smallest absolute Gasteiger partial charge is 0.214 e. The van der Waals surface area contributed by atoms with Crippen LogP contribution in [0.5, 0.6) is 0 Å². The molecule has 0 fully saturated rings. The number of nitrogens with zero attached hydrogens (tertiary/aromatic N) is 4. The second kappa shape index (κ2) is 7.74. The summed E-state index contributed by atoms with van der Waals surface area (Å²) in [7, 11) is -3.39. The van der Waals surface area contributed by atoms with Gasteiger partial charge in [0.2, 0.25) is 5.16 Å². The molecule has 0 saturated heterocycles. The molecular weight excluding hydrogens is 403 g/mol. The van der Waals surface area contributed by atoms with Gasteiger partial charge in [0.1, 0.15) is 0 Å². The SMILES string of the molecule is O=S(=O)(CCSc1nnnn1-c1ccc(Cl)cc1)c1ccc(Cl)cc1. The first-order valence-electron chi connectivity index (χ1n) is 7.11. The second-order valence-electron chi connectivity index (χ2n) is 4.97. The highest BCUT2D eigenvalue weighted by Crippen LogP contribution is 2.21. The van der Waals surface area contributed by atoms with Crippen molar-refractivity contribution < 1.29 is 8.42 Å². The molecule has 0 atom stereocenters. The largest absolute Gasteiger partial charge is 0.224 e. The van der Waals surface area contributed by atoms with E-state index in [9.17, 15) is 8.42 Å². The standard InChI is InChI=1S/C15H12Cl2N4O2S2/c16-11-1-5-13(6-2-11)21-15(18-19-20-21)24-9-10-25(22,23)14-7-3-12(17)4-8-14/h1-8H,9-10H2. The predicted molar refractivity (Wildman–Crippen MR) is 98.4 cm³/mol. The van der Waals surface area contributed by atoms with Crippen molar-refractivity contribution >= 4 is 44.8 Å². The van der Waals surface area contributed by atoms with Crippen LogP contribution < -0.4 is 0 Å². The molecule has 2 aromatic carbocycles. The van der Waals surface area contributed by atoms with E-state index in [2.05, 4.69) is 15.5 Å². The average molecular weight is 415 g/mol. The summed E-state index contributed by atoms with van der Waals surface area (Å²) < 4.78 is 26.2. The number of rotatable bonds is 6. The van der Waals surface area contributed by atoms with Gasteiger partial charge in [0.05, 0.1) is 16.3 Å². The van der Waals surface area contributed by atoms with Crippen LogP contribution in [0.15, 0.2) is 58.6 Å². The van der Waals surface area contributed by atoms with Crippen LogP contribution in [-0.4, -0.2) is 40.1 Å². The minimum atomic E-state index is -3.39. The molecule has 3 rings (SSSR count). The lowest BCUT2D eigenvalue weighted by Gasteiger charge is -2.06. The Morgan fingerprint density at radius 3 is 2.20 bits per heavy atom. The number of sulfone groups is 1. The van der Waals surface area contributed by atoms with E-state index in [4.69, 9.17) is 23.2 Å². The molecule has 0 aliphatic heterocycles. The Bertz CT molecular complexity index is 958. The first-order chi connectivity index (χ1) is 12.0. The van der Waals surface area contributed by atoms with Crippen molar-refractivity contribution in [1.29, 1.82) is 0 Å². The Balaban J connectivity index is 1.68. The average Bonchev–Trinajstić information content (AvgIpc) is 3.04. The van der Waals surface area contributed by atoms with Gasteiger partial charge in [0.25, 0.3) is 0 Å². The maximum atomic E-state index is 12.3. The van der Waals surface area contributed by atoms with Crippen LogP contribution in [0.4, 0.5) is 0 Å². The lowest BCUT2D eigenvalue weighted by molar-refractivity contribution is 0.597. The van der Waals surface area contributed by atoms with Gasteiger partial charge in [-0.15, -0.1) is 5.10 Å². The third kappa shape index (κ3) is 4.52. The van der Waals surface area contributed by atoms with E-state index in [1.54, 1.807) is 36.4 Å². The number of thioether (sulfide) groups is 1. The van der Waals surface area contributed by atoms with Crippen molar-refractivity contribution in [2.45, 2.75) is 10.1 Å². The van der Waals surface area contributed by atoms with Crippen molar-refractivity contribution in [3.05, 3.63) is 58.6 Å². The summed E-state index contributed by atoms with van der Waals surface area (Å²) in [5.74, 6) is 0.283. The fraction of sp³-hybridized carbons (Fsp3) is 0.133. The molecule has 0 amide bonds. The molecule has 0 radical (unpaired) electrons. The molecule has 0 bridgehead atoms. The second-order valence-corrected chi connectivity index (χ2v) is 9.02. The van der Waals surface area contributed by atoms with Crippen LogP contribution >= 0.6 is 35.0 Å². The highest BCUT2D eigenvalue weighted by atomic mass is 35.5. The van der Waals surface area contributed by atoms with Gasteiger partial charge < -0.3 is 0 Å². The molecule has 6 nitrogen and oxygen atoms in total. The van der Waals surface area contributed by atoms with E-state index < -0.39 is 9.84 Å². The van der Waals surface area contributed by atoms with Crippen molar-refractivity contribution in [2.75, 3.05) is 11.5 Å². The van der Waals surface area contributed by atoms with Gasteiger partial charge in [-0.3, -0.25) is 0 Å². The normalized spacial score (nSPS) is 11.6. The zero-order chi connectivity index (χ0) is 17.9. The van der Waals surface area contributed by atoms with Crippen LogP contribution in [0, 0.1) is 0 Å². The molecule has 0 spiro atoms. The number of hydrogen-bond donors (Lipinski definition) is 0. The number of aromatic nitrogens is 4. The number of halogens is 2. The Labute approximate surface area is 159 Å². The van der Waals surface area contributed by atoms with Gasteiger partial charge in [-0.25, -0.2) is 8.42 Å². The van der Waals surface area contributed by atoms with Crippen LogP contribution in [0.1, 0.15) is 0 Å². The van der Waals surface area contributed by atoms with Crippen LogP contribution in [0.25, 0.3) is 5.69 Å². The summed E-state index contributed by atoms with van der Waals surface area (Å²) in [6.45, 7) is 0. The zero-order valence-electron chi connectivity index (χ0n) is 12.7.